The largest absolute Gasteiger partial charge is 0.350 e. The highest BCUT2D eigenvalue weighted by molar-refractivity contribution is 5.97. The van der Waals surface area contributed by atoms with E-state index in [1.54, 1.807) is 13.0 Å². The second kappa shape index (κ2) is 7.72. The van der Waals surface area contributed by atoms with Gasteiger partial charge in [-0.3, -0.25) is 14.3 Å². The lowest BCUT2D eigenvalue weighted by Crippen LogP contribution is -2.50. The maximum Gasteiger partial charge on any atom is 0.251 e. The first-order valence-electron chi connectivity index (χ1n) is 8.78. The number of nitrogens with zero attached hydrogens (tertiary/aromatic N) is 2. The molecule has 1 aromatic carbocycles. The number of carbonyl (C=O) groups is 2. The minimum Gasteiger partial charge on any atom is -0.350 e. The van der Waals surface area contributed by atoms with E-state index in [9.17, 15) is 9.59 Å². The quantitative estimate of drug-likeness (QED) is 0.864. The van der Waals surface area contributed by atoms with E-state index in [1.807, 2.05) is 63.6 Å². The Labute approximate surface area is 155 Å². The van der Waals surface area contributed by atoms with Crippen molar-refractivity contribution in [2.24, 2.45) is 0 Å². The highest BCUT2D eigenvalue weighted by Gasteiger charge is 2.21. The summed E-state index contributed by atoms with van der Waals surface area (Å²) in [6.07, 6.45) is 0. The average Bonchev–Trinajstić information content (AvgIpc) is 2.83. The Morgan fingerprint density at radius 3 is 2.46 bits per heavy atom. The number of amides is 2. The van der Waals surface area contributed by atoms with Crippen LogP contribution in [0, 0.1) is 13.8 Å². The number of hydrogen-bond donors (Lipinski definition) is 2. The monoisotopic (exact) mass is 356 g/mol. The van der Waals surface area contributed by atoms with Gasteiger partial charge in [0.15, 0.2) is 0 Å². The number of hydrogen-bond acceptors (Lipinski definition) is 3. The van der Waals surface area contributed by atoms with E-state index in [2.05, 4.69) is 15.7 Å². The molecular weight excluding hydrogens is 328 g/mol. The van der Waals surface area contributed by atoms with Crippen LogP contribution >= 0.6 is 0 Å². The lowest BCUT2D eigenvalue weighted by Gasteiger charge is -2.23. The highest BCUT2D eigenvalue weighted by Crippen LogP contribution is 2.10. The van der Waals surface area contributed by atoms with Gasteiger partial charge in [0.25, 0.3) is 5.91 Å². The number of aryl methyl sites for hydroxylation is 2. The Morgan fingerprint density at radius 1 is 1.19 bits per heavy atom. The molecule has 6 nitrogen and oxygen atoms in total. The van der Waals surface area contributed by atoms with Gasteiger partial charge in [-0.15, -0.1) is 0 Å². The second-order valence-corrected chi connectivity index (χ2v) is 7.72. The molecule has 2 aromatic rings. The van der Waals surface area contributed by atoms with Crippen molar-refractivity contribution in [2.75, 3.05) is 0 Å². The summed E-state index contributed by atoms with van der Waals surface area (Å²) in [4.78, 5) is 24.6. The first-order chi connectivity index (χ1) is 12.0. The van der Waals surface area contributed by atoms with Crippen molar-refractivity contribution in [2.45, 2.75) is 59.7 Å². The second-order valence-electron chi connectivity index (χ2n) is 7.72. The van der Waals surface area contributed by atoms with E-state index in [0.717, 1.165) is 17.0 Å². The maximum absolute atomic E-state index is 12.5. The Morgan fingerprint density at radius 2 is 1.88 bits per heavy atom. The molecule has 2 amide bonds. The van der Waals surface area contributed by atoms with Crippen molar-refractivity contribution in [3.8, 4) is 0 Å². The SMILES string of the molecule is Cc1cc(C)n(Cc2cccc(C(=O)N[C@H](C)C(=O)NC(C)(C)C)c2)n1. The fourth-order valence-corrected chi connectivity index (χ4v) is 2.64. The lowest BCUT2D eigenvalue weighted by atomic mass is 10.1. The predicted octanol–water partition coefficient (Wildman–Crippen LogP) is 2.58. The summed E-state index contributed by atoms with van der Waals surface area (Å²) >= 11 is 0. The maximum atomic E-state index is 12.5. The van der Waals surface area contributed by atoms with Gasteiger partial charge in [-0.05, 0) is 65.3 Å². The van der Waals surface area contributed by atoms with Crippen LogP contribution in [0.1, 0.15) is 55.0 Å². The summed E-state index contributed by atoms with van der Waals surface area (Å²) in [7, 11) is 0. The van der Waals surface area contributed by atoms with E-state index in [4.69, 9.17) is 0 Å². The zero-order valence-corrected chi connectivity index (χ0v) is 16.4. The number of benzene rings is 1. The van der Waals surface area contributed by atoms with Crippen LogP contribution in [0.25, 0.3) is 0 Å². The molecule has 1 aromatic heterocycles. The predicted molar refractivity (Wildman–Crippen MR) is 102 cm³/mol. The number of rotatable bonds is 5. The highest BCUT2D eigenvalue weighted by atomic mass is 16.2. The van der Waals surface area contributed by atoms with E-state index in [-0.39, 0.29) is 17.4 Å². The minimum absolute atomic E-state index is 0.204. The molecular formula is C20H28N4O2. The van der Waals surface area contributed by atoms with Crippen LogP contribution in [0.4, 0.5) is 0 Å². The van der Waals surface area contributed by atoms with Crippen molar-refractivity contribution >= 4 is 11.8 Å². The fraction of sp³-hybridized carbons (Fsp3) is 0.450. The van der Waals surface area contributed by atoms with Crippen LogP contribution < -0.4 is 10.6 Å². The molecule has 0 aliphatic rings. The van der Waals surface area contributed by atoms with Crippen LogP contribution in [-0.2, 0) is 11.3 Å². The smallest absolute Gasteiger partial charge is 0.251 e. The Kier molecular flexibility index (Phi) is 5.85. The van der Waals surface area contributed by atoms with Gasteiger partial charge in [0, 0.05) is 16.8 Å². The minimum atomic E-state index is -0.610. The zero-order chi connectivity index (χ0) is 19.5. The fourth-order valence-electron chi connectivity index (χ4n) is 2.64. The average molecular weight is 356 g/mol. The normalized spacial score (nSPS) is 12.5. The van der Waals surface area contributed by atoms with Crippen LogP contribution in [-0.4, -0.2) is 33.2 Å². The third kappa shape index (κ3) is 5.44. The summed E-state index contributed by atoms with van der Waals surface area (Å²) in [6.45, 7) is 12.0. The number of nitrogens with one attached hydrogen (secondary N) is 2. The summed E-state index contributed by atoms with van der Waals surface area (Å²) < 4.78 is 1.91. The van der Waals surface area contributed by atoms with E-state index >= 15 is 0 Å². The molecule has 0 radical (unpaired) electrons. The summed E-state index contributed by atoms with van der Waals surface area (Å²) in [6, 6.07) is 8.79. The van der Waals surface area contributed by atoms with Gasteiger partial charge in [0.1, 0.15) is 6.04 Å². The summed E-state index contributed by atoms with van der Waals surface area (Å²) in [5, 5.41) is 10.1. The Bertz CT molecular complexity index is 802. The van der Waals surface area contributed by atoms with Gasteiger partial charge in [0.05, 0.1) is 12.2 Å². The van der Waals surface area contributed by atoms with Crippen molar-refractivity contribution in [1.82, 2.24) is 20.4 Å². The van der Waals surface area contributed by atoms with E-state index in [1.165, 1.54) is 0 Å². The molecule has 1 heterocycles. The molecule has 2 rings (SSSR count). The third-order valence-corrected chi connectivity index (χ3v) is 3.86. The molecule has 140 valence electrons. The molecule has 0 spiro atoms. The Hall–Kier alpha value is -2.63. The van der Waals surface area contributed by atoms with Gasteiger partial charge in [-0.25, -0.2) is 0 Å². The van der Waals surface area contributed by atoms with Crippen molar-refractivity contribution in [3.05, 3.63) is 52.8 Å². The van der Waals surface area contributed by atoms with Crippen molar-refractivity contribution in [1.29, 1.82) is 0 Å². The van der Waals surface area contributed by atoms with Crippen molar-refractivity contribution in [3.63, 3.8) is 0 Å². The third-order valence-electron chi connectivity index (χ3n) is 3.86. The van der Waals surface area contributed by atoms with Crippen LogP contribution in [0.15, 0.2) is 30.3 Å². The molecule has 0 aliphatic carbocycles. The van der Waals surface area contributed by atoms with Gasteiger partial charge in [0.2, 0.25) is 5.91 Å². The first kappa shape index (κ1) is 19.7. The zero-order valence-electron chi connectivity index (χ0n) is 16.4. The topological polar surface area (TPSA) is 76.0 Å². The van der Waals surface area contributed by atoms with Gasteiger partial charge < -0.3 is 10.6 Å². The van der Waals surface area contributed by atoms with E-state index in [0.29, 0.717) is 12.1 Å². The molecule has 0 fully saturated rings. The van der Waals surface area contributed by atoms with Gasteiger partial charge >= 0.3 is 0 Å². The molecule has 0 unspecified atom stereocenters. The molecule has 0 saturated carbocycles. The molecule has 0 aliphatic heterocycles. The standard InChI is InChI=1S/C20H28N4O2/c1-13-10-14(2)24(23-13)12-16-8-7-9-17(11-16)19(26)21-15(3)18(25)22-20(4,5)6/h7-11,15H,12H2,1-6H3,(H,21,26)(H,22,25)/t15-/m1/s1. The summed E-state index contributed by atoms with van der Waals surface area (Å²) in [5.74, 6) is -0.471. The Balaban J connectivity index is 2.05. The summed E-state index contributed by atoms with van der Waals surface area (Å²) in [5.41, 5.74) is 3.21. The molecule has 2 N–H and O–H groups in total. The van der Waals surface area contributed by atoms with Gasteiger partial charge in [-0.2, -0.15) is 5.10 Å². The van der Waals surface area contributed by atoms with Crippen LogP contribution in [0.2, 0.25) is 0 Å². The lowest BCUT2D eigenvalue weighted by molar-refractivity contribution is -0.124. The molecule has 26 heavy (non-hydrogen) atoms. The first-order valence-corrected chi connectivity index (χ1v) is 8.78. The molecule has 0 bridgehead atoms. The molecule has 0 saturated heterocycles. The van der Waals surface area contributed by atoms with Crippen LogP contribution in [0.3, 0.4) is 0 Å². The number of carbonyl (C=O) groups excluding carboxylic acids is 2. The van der Waals surface area contributed by atoms with E-state index < -0.39 is 6.04 Å². The van der Waals surface area contributed by atoms with Gasteiger partial charge in [-0.1, -0.05) is 12.1 Å². The number of aromatic nitrogens is 2. The van der Waals surface area contributed by atoms with Crippen molar-refractivity contribution < 1.29 is 9.59 Å². The molecule has 1 atom stereocenters. The van der Waals surface area contributed by atoms with Crippen LogP contribution in [0.5, 0.6) is 0 Å². The molecule has 6 heteroatoms.